The summed E-state index contributed by atoms with van der Waals surface area (Å²) in [4.78, 5) is 2.46. The van der Waals surface area contributed by atoms with Gasteiger partial charge in [-0.15, -0.1) is 0 Å². The van der Waals surface area contributed by atoms with Gasteiger partial charge in [-0.25, -0.2) is 0 Å². The third kappa shape index (κ3) is 4.60. The Kier molecular flexibility index (Phi) is 5.83. The zero-order chi connectivity index (χ0) is 13.5. The van der Waals surface area contributed by atoms with Crippen LogP contribution in [0.15, 0.2) is 30.3 Å². The Balaban J connectivity index is 1.73. The number of hydrogen-bond acceptors (Lipinski definition) is 3. The molecule has 1 aliphatic heterocycles. The molecule has 1 saturated heterocycles. The highest BCUT2D eigenvalue weighted by Crippen LogP contribution is 2.17. The molecule has 2 N–H and O–H groups in total. The van der Waals surface area contributed by atoms with Gasteiger partial charge >= 0.3 is 0 Å². The second-order valence-electron chi connectivity index (χ2n) is 5.39. The van der Waals surface area contributed by atoms with E-state index in [-0.39, 0.29) is 6.04 Å². The van der Waals surface area contributed by atoms with Crippen molar-refractivity contribution < 1.29 is 4.74 Å². The van der Waals surface area contributed by atoms with Gasteiger partial charge in [0, 0.05) is 32.3 Å². The topological polar surface area (TPSA) is 38.5 Å². The zero-order valence-corrected chi connectivity index (χ0v) is 11.9. The molecule has 2 rings (SSSR count). The van der Waals surface area contributed by atoms with Crippen molar-refractivity contribution in [3.05, 3.63) is 35.9 Å². The van der Waals surface area contributed by atoms with E-state index < -0.39 is 0 Å². The van der Waals surface area contributed by atoms with Gasteiger partial charge in [0.05, 0.1) is 6.10 Å². The molecule has 1 aliphatic rings. The molecule has 0 amide bonds. The number of nitrogens with two attached hydrogens (primary N) is 1. The molecule has 0 aromatic heterocycles. The fourth-order valence-electron chi connectivity index (χ4n) is 2.63. The summed E-state index contributed by atoms with van der Waals surface area (Å²) in [6, 6.07) is 10.5. The maximum absolute atomic E-state index is 6.27. The molecule has 1 fully saturated rings. The zero-order valence-electron chi connectivity index (χ0n) is 11.9. The second-order valence-corrected chi connectivity index (χ2v) is 5.39. The number of ether oxygens (including phenoxy) is 1. The lowest BCUT2D eigenvalue weighted by atomic mass is 10.0. The van der Waals surface area contributed by atoms with Crippen LogP contribution in [-0.4, -0.2) is 37.2 Å². The molecule has 19 heavy (non-hydrogen) atoms. The van der Waals surface area contributed by atoms with Crippen LogP contribution in [0, 0.1) is 0 Å². The lowest BCUT2D eigenvalue weighted by molar-refractivity contribution is 0.00686. The lowest BCUT2D eigenvalue weighted by Crippen LogP contribution is -2.40. The first-order chi connectivity index (χ1) is 9.29. The highest BCUT2D eigenvalue weighted by molar-refractivity contribution is 5.18. The average Bonchev–Trinajstić information content (AvgIpc) is 2.47. The normalized spacial score (nSPS) is 19.5. The van der Waals surface area contributed by atoms with Crippen molar-refractivity contribution in [2.75, 3.05) is 26.2 Å². The molecule has 0 radical (unpaired) electrons. The van der Waals surface area contributed by atoms with Crippen molar-refractivity contribution in [3.63, 3.8) is 0 Å². The molecule has 0 spiro atoms. The molecular weight excluding hydrogens is 236 g/mol. The third-order valence-corrected chi connectivity index (χ3v) is 3.77. The van der Waals surface area contributed by atoms with Crippen LogP contribution in [0.25, 0.3) is 0 Å². The molecule has 1 atom stereocenters. The van der Waals surface area contributed by atoms with E-state index in [1.165, 1.54) is 5.56 Å². The van der Waals surface area contributed by atoms with Crippen LogP contribution < -0.4 is 5.73 Å². The quantitative estimate of drug-likeness (QED) is 0.856. The Bertz CT molecular complexity index is 347. The van der Waals surface area contributed by atoms with Gasteiger partial charge in [0.25, 0.3) is 0 Å². The van der Waals surface area contributed by atoms with E-state index in [1.807, 2.05) is 6.07 Å². The van der Waals surface area contributed by atoms with Crippen molar-refractivity contribution in [3.8, 4) is 0 Å². The molecule has 0 unspecified atom stereocenters. The molecule has 1 aromatic carbocycles. The van der Waals surface area contributed by atoms with Gasteiger partial charge in [-0.05, 0) is 24.8 Å². The van der Waals surface area contributed by atoms with E-state index in [2.05, 4.69) is 36.1 Å². The Labute approximate surface area is 116 Å². The minimum absolute atomic E-state index is 0.120. The predicted octanol–water partition coefficient (Wildman–Crippen LogP) is 2.58. The van der Waals surface area contributed by atoms with Gasteiger partial charge in [-0.2, -0.15) is 0 Å². The van der Waals surface area contributed by atoms with Crippen LogP contribution in [0.2, 0.25) is 0 Å². The minimum atomic E-state index is 0.120. The number of rotatable bonds is 6. The first kappa shape index (κ1) is 14.5. The fourth-order valence-corrected chi connectivity index (χ4v) is 2.63. The van der Waals surface area contributed by atoms with Gasteiger partial charge in [0.15, 0.2) is 0 Å². The molecule has 3 heteroatoms. The number of nitrogens with zero attached hydrogens (tertiary/aromatic N) is 1. The van der Waals surface area contributed by atoms with E-state index in [0.29, 0.717) is 6.10 Å². The summed E-state index contributed by atoms with van der Waals surface area (Å²) in [6.07, 6.45) is 3.85. The monoisotopic (exact) mass is 262 g/mol. The molecule has 106 valence electrons. The highest BCUT2D eigenvalue weighted by Gasteiger charge is 2.21. The molecule has 0 bridgehead atoms. The van der Waals surface area contributed by atoms with E-state index >= 15 is 0 Å². The number of hydrogen-bond donors (Lipinski definition) is 1. The number of likely N-dealkylation sites (tertiary alicyclic amines) is 1. The average molecular weight is 262 g/mol. The number of piperidine rings is 1. The summed E-state index contributed by atoms with van der Waals surface area (Å²) in [7, 11) is 0. The van der Waals surface area contributed by atoms with Crippen LogP contribution in [0.5, 0.6) is 0 Å². The molecular formula is C16H26N2O. The Hall–Kier alpha value is -0.900. The predicted molar refractivity (Wildman–Crippen MR) is 79.1 cm³/mol. The first-order valence-corrected chi connectivity index (χ1v) is 7.44. The second kappa shape index (κ2) is 7.63. The molecule has 0 saturated carbocycles. The first-order valence-electron chi connectivity index (χ1n) is 7.44. The molecule has 0 aliphatic carbocycles. The van der Waals surface area contributed by atoms with Crippen molar-refractivity contribution >= 4 is 0 Å². The minimum Gasteiger partial charge on any atom is -0.378 e. The van der Waals surface area contributed by atoms with E-state index in [1.54, 1.807) is 0 Å². The van der Waals surface area contributed by atoms with Crippen molar-refractivity contribution in [1.82, 2.24) is 4.90 Å². The summed E-state index contributed by atoms with van der Waals surface area (Å²) < 4.78 is 5.81. The van der Waals surface area contributed by atoms with Crippen molar-refractivity contribution in [1.29, 1.82) is 0 Å². The summed E-state index contributed by atoms with van der Waals surface area (Å²) in [5.41, 5.74) is 7.50. The maximum Gasteiger partial charge on any atom is 0.0599 e. The van der Waals surface area contributed by atoms with Gasteiger partial charge in [0.1, 0.15) is 0 Å². The summed E-state index contributed by atoms with van der Waals surface area (Å²) in [5.74, 6) is 0. The summed E-state index contributed by atoms with van der Waals surface area (Å²) in [6.45, 7) is 6.22. The van der Waals surface area contributed by atoms with Crippen LogP contribution >= 0.6 is 0 Å². The van der Waals surface area contributed by atoms with Gasteiger partial charge in [-0.1, -0.05) is 37.3 Å². The van der Waals surface area contributed by atoms with Gasteiger partial charge in [-0.3, -0.25) is 0 Å². The smallest absolute Gasteiger partial charge is 0.0599 e. The SMILES string of the molecule is CCCOC1CCN(C[C@@H](N)c2ccccc2)CC1. The van der Waals surface area contributed by atoms with E-state index in [4.69, 9.17) is 10.5 Å². The highest BCUT2D eigenvalue weighted by atomic mass is 16.5. The number of benzene rings is 1. The van der Waals surface area contributed by atoms with Gasteiger partial charge < -0.3 is 15.4 Å². The Morgan fingerprint density at radius 1 is 1.26 bits per heavy atom. The van der Waals surface area contributed by atoms with Crippen LogP contribution in [0.3, 0.4) is 0 Å². The van der Waals surface area contributed by atoms with Gasteiger partial charge in [0.2, 0.25) is 0 Å². The van der Waals surface area contributed by atoms with Crippen molar-refractivity contribution in [2.45, 2.75) is 38.3 Å². The van der Waals surface area contributed by atoms with E-state index in [9.17, 15) is 0 Å². The largest absolute Gasteiger partial charge is 0.378 e. The molecule has 1 aromatic rings. The molecule has 3 nitrogen and oxygen atoms in total. The summed E-state index contributed by atoms with van der Waals surface area (Å²) >= 11 is 0. The van der Waals surface area contributed by atoms with Crippen LogP contribution in [-0.2, 0) is 4.74 Å². The molecule has 1 heterocycles. The lowest BCUT2D eigenvalue weighted by Gasteiger charge is -2.33. The third-order valence-electron chi connectivity index (χ3n) is 3.77. The van der Waals surface area contributed by atoms with Crippen LogP contribution in [0.1, 0.15) is 37.8 Å². The Morgan fingerprint density at radius 2 is 1.95 bits per heavy atom. The van der Waals surface area contributed by atoms with Crippen molar-refractivity contribution in [2.24, 2.45) is 5.73 Å². The fraction of sp³-hybridized carbons (Fsp3) is 0.625. The van der Waals surface area contributed by atoms with Crippen LogP contribution in [0.4, 0.5) is 0 Å². The van der Waals surface area contributed by atoms with E-state index in [0.717, 1.165) is 45.5 Å². The maximum atomic E-state index is 6.27. The Morgan fingerprint density at radius 3 is 2.58 bits per heavy atom. The standard InChI is InChI=1S/C16H26N2O/c1-2-12-19-15-8-10-18(11-9-15)13-16(17)14-6-4-3-5-7-14/h3-7,15-16H,2,8-13,17H2,1H3/t16-/m1/s1. The summed E-state index contributed by atoms with van der Waals surface area (Å²) in [5, 5.41) is 0.